The third-order valence-corrected chi connectivity index (χ3v) is 3.64. The van der Waals surface area contributed by atoms with Gasteiger partial charge in [0.1, 0.15) is 11.6 Å². The van der Waals surface area contributed by atoms with Crippen LogP contribution in [0.3, 0.4) is 0 Å². The number of hydrogen-bond acceptors (Lipinski definition) is 4. The second-order valence-corrected chi connectivity index (χ2v) is 4.92. The maximum atomic E-state index is 13.4. The lowest BCUT2D eigenvalue weighted by Crippen LogP contribution is -2.22. The van der Waals surface area contributed by atoms with Gasteiger partial charge >= 0.3 is 0 Å². The maximum absolute atomic E-state index is 13.4. The Labute approximate surface area is 114 Å². The molecule has 0 aliphatic heterocycles. The Morgan fingerprint density at radius 2 is 1.89 bits per heavy atom. The highest BCUT2D eigenvalue weighted by Gasteiger charge is 2.20. The molecule has 0 saturated heterocycles. The highest BCUT2D eigenvalue weighted by atomic mass is 32.1. The van der Waals surface area contributed by atoms with Crippen LogP contribution in [0.4, 0.5) is 8.78 Å². The Kier molecular flexibility index (Phi) is 4.55. The summed E-state index contributed by atoms with van der Waals surface area (Å²) in [5.41, 5.74) is 1.42. The van der Waals surface area contributed by atoms with E-state index in [0.717, 1.165) is 23.1 Å². The maximum Gasteiger partial charge on any atom is 0.126 e. The van der Waals surface area contributed by atoms with E-state index in [4.69, 9.17) is 0 Å². The number of halogens is 2. The minimum Gasteiger partial charge on any atom is -0.306 e. The summed E-state index contributed by atoms with van der Waals surface area (Å²) in [6.45, 7) is 4.61. The Hall–Kier alpha value is -1.40. The summed E-state index contributed by atoms with van der Waals surface area (Å²) in [7, 11) is 0. The minimum absolute atomic E-state index is 0.273. The van der Waals surface area contributed by atoms with E-state index < -0.39 is 11.6 Å². The van der Waals surface area contributed by atoms with E-state index in [1.807, 2.05) is 13.8 Å². The molecule has 1 aromatic heterocycles. The highest BCUT2D eigenvalue weighted by Crippen LogP contribution is 2.28. The molecular formula is C13H15F2N3S. The summed E-state index contributed by atoms with van der Waals surface area (Å²) < 4.78 is 30.6. The van der Waals surface area contributed by atoms with E-state index in [0.29, 0.717) is 12.1 Å². The number of aryl methyl sites for hydroxylation is 1. The summed E-state index contributed by atoms with van der Waals surface area (Å²) in [6, 6.07) is 3.29. The third-order valence-electron chi connectivity index (χ3n) is 2.81. The van der Waals surface area contributed by atoms with Gasteiger partial charge in [0, 0.05) is 6.07 Å². The van der Waals surface area contributed by atoms with Crippen molar-refractivity contribution in [2.24, 2.45) is 0 Å². The lowest BCUT2D eigenvalue weighted by Gasteiger charge is -2.17. The molecule has 0 radical (unpaired) electrons. The van der Waals surface area contributed by atoms with E-state index in [1.165, 1.54) is 23.7 Å². The van der Waals surface area contributed by atoms with Crippen LogP contribution in [0, 0.1) is 11.6 Å². The first kappa shape index (κ1) is 14.0. The Bertz CT molecular complexity index is 536. The van der Waals surface area contributed by atoms with Crippen molar-refractivity contribution < 1.29 is 8.78 Å². The van der Waals surface area contributed by atoms with Gasteiger partial charge in [-0.25, -0.2) is 8.78 Å². The predicted molar refractivity (Wildman–Crippen MR) is 71.2 cm³/mol. The second-order valence-electron chi connectivity index (χ2n) is 4.13. The third kappa shape index (κ3) is 3.13. The molecule has 102 valence electrons. The fraction of sp³-hybridized carbons (Fsp3) is 0.385. The van der Waals surface area contributed by atoms with Crippen molar-refractivity contribution in [2.75, 3.05) is 6.54 Å². The van der Waals surface area contributed by atoms with Crippen LogP contribution < -0.4 is 5.32 Å². The standard InChI is InChI=1S/C13H15F2N3S/c1-3-11-13(19-18-17-11)12(16-4-2)8-5-9(14)7-10(15)6-8/h5-7,12,16H,3-4H2,1-2H3. The van der Waals surface area contributed by atoms with Gasteiger partial charge in [-0.05, 0) is 42.2 Å². The molecule has 1 atom stereocenters. The molecule has 1 unspecified atom stereocenters. The van der Waals surface area contributed by atoms with Gasteiger partial charge in [-0.1, -0.05) is 18.3 Å². The molecule has 2 aromatic rings. The minimum atomic E-state index is -0.576. The number of benzene rings is 1. The zero-order chi connectivity index (χ0) is 13.8. The molecule has 0 aliphatic rings. The molecule has 1 N–H and O–H groups in total. The van der Waals surface area contributed by atoms with E-state index in [9.17, 15) is 8.78 Å². The normalized spacial score (nSPS) is 12.6. The molecule has 0 spiro atoms. The molecule has 3 nitrogen and oxygen atoms in total. The van der Waals surface area contributed by atoms with Crippen molar-refractivity contribution in [3.63, 3.8) is 0 Å². The SMILES string of the molecule is CCNC(c1cc(F)cc(F)c1)c1snnc1CC. The molecule has 0 fully saturated rings. The molecular weight excluding hydrogens is 268 g/mol. The van der Waals surface area contributed by atoms with Gasteiger partial charge < -0.3 is 5.32 Å². The van der Waals surface area contributed by atoms with E-state index >= 15 is 0 Å². The topological polar surface area (TPSA) is 37.8 Å². The number of nitrogens with zero attached hydrogens (tertiary/aromatic N) is 2. The van der Waals surface area contributed by atoms with Gasteiger partial charge in [0.05, 0.1) is 16.6 Å². The fourth-order valence-corrected chi connectivity index (χ4v) is 2.83. The van der Waals surface area contributed by atoms with Gasteiger partial charge in [0.15, 0.2) is 0 Å². The fourth-order valence-electron chi connectivity index (χ4n) is 1.99. The molecule has 6 heteroatoms. The van der Waals surface area contributed by atoms with E-state index in [-0.39, 0.29) is 6.04 Å². The predicted octanol–water partition coefficient (Wildman–Crippen LogP) is 3.08. The Morgan fingerprint density at radius 3 is 2.47 bits per heavy atom. The van der Waals surface area contributed by atoms with Crippen LogP contribution in [0.15, 0.2) is 18.2 Å². The monoisotopic (exact) mass is 283 g/mol. The van der Waals surface area contributed by atoms with Crippen LogP contribution in [0.1, 0.15) is 36.0 Å². The number of nitrogens with one attached hydrogen (secondary N) is 1. The highest BCUT2D eigenvalue weighted by molar-refractivity contribution is 7.05. The molecule has 0 saturated carbocycles. The number of hydrogen-bond donors (Lipinski definition) is 1. The summed E-state index contributed by atoms with van der Waals surface area (Å²) >= 11 is 1.26. The average molecular weight is 283 g/mol. The summed E-state index contributed by atoms with van der Waals surface area (Å²) in [5, 5.41) is 7.28. The molecule has 1 aromatic carbocycles. The molecule has 0 bridgehead atoms. The zero-order valence-electron chi connectivity index (χ0n) is 10.8. The first-order valence-corrected chi connectivity index (χ1v) is 6.93. The first-order chi connectivity index (χ1) is 9.15. The van der Waals surface area contributed by atoms with Crippen molar-refractivity contribution in [1.29, 1.82) is 0 Å². The van der Waals surface area contributed by atoms with Crippen molar-refractivity contribution in [3.8, 4) is 0 Å². The number of rotatable bonds is 5. The van der Waals surface area contributed by atoms with Gasteiger partial charge in [-0.3, -0.25) is 0 Å². The average Bonchev–Trinajstić information content (AvgIpc) is 2.82. The smallest absolute Gasteiger partial charge is 0.126 e. The quantitative estimate of drug-likeness (QED) is 0.916. The molecule has 0 aliphatic carbocycles. The van der Waals surface area contributed by atoms with E-state index in [1.54, 1.807) is 0 Å². The molecule has 0 amide bonds. The number of aromatic nitrogens is 2. The summed E-state index contributed by atoms with van der Waals surface area (Å²) in [5.74, 6) is -1.15. The van der Waals surface area contributed by atoms with Crippen LogP contribution in [0.25, 0.3) is 0 Å². The van der Waals surface area contributed by atoms with E-state index in [2.05, 4.69) is 14.9 Å². The van der Waals surface area contributed by atoms with Crippen LogP contribution in [-0.2, 0) is 6.42 Å². The summed E-state index contributed by atoms with van der Waals surface area (Å²) in [6.07, 6.45) is 0.742. The van der Waals surface area contributed by atoms with Crippen molar-refractivity contribution in [2.45, 2.75) is 26.3 Å². The molecule has 1 heterocycles. The lowest BCUT2D eigenvalue weighted by molar-refractivity contribution is 0.566. The molecule has 19 heavy (non-hydrogen) atoms. The van der Waals surface area contributed by atoms with Crippen molar-refractivity contribution in [3.05, 3.63) is 46.0 Å². The van der Waals surface area contributed by atoms with Gasteiger partial charge in [0.2, 0.25) is 0 Å². The van der Waals surface area contributed by atoms with Crippen LogP contribution >= 0.6 is 11.5 Å². The van der Waals surface area contributed by atoms with Gasteiger partial charge in [0.25, 0.3) is 0 Å². The van der Waals surface area contributed by atoms with Crippen LogP contribution in [0.5, 0.6) is 0 Å². The Morgan fingerprint density at radius 1 is 1.21 bits per heavy atom. The van der Waals surface area contributed by atoms with Crippen molar-refractivity contribution in [1.82, 2.24) is 14.9 Å². The zero-order valence-corrected chi connectivity index (χ0v) is 11.6. The largest absolute Gasteiger partial charge is 0.306 e. The van der Waals surface area contributed by atoms with Gasteiger partial charge in [-0.2, -0.15) is 0 Å². The lowest BCUT2D eigenvalue weighted by atomic mass is 10.0. The van der Waals surface area contributed by atoms with Gasteiger partial charge in [-0.15, -0.1) is 5.10 Å². The Balaban J connectivity index is 2.45. The first-order valence-electron chi connectivity index (χ1n) is 6.16. The van der Waals surface area contributed by atoms with Crippen LogP contribution in [-0.4, -0.2) is 16.1 Å². The van der Waals surface area contributed by atoms with Crippen molar-refractivity contribution >= 4 is 11.5 Å². The van der Waals surface area contributed by atoms with Crippen LogP contribution in [0.2, 0.25) is 0 Å². The molecule has 2 rings (SSSR count). The second kappa shape index (κ2) is 6.16. The summed E-state index contributed by atoms with van der Waals surface area (Å²) in [4.78, 5) is 0.911.